The number of halogens is 1. The third-order valence-electron chi connectivity index (χ3n) is 3.42. The highest BCUT2D eigenvalue weighted by molar-refractivity contribution is 9.10. The maximum absolute atomic E-state index is 12.3. The maximum atomic E-state index is 12.3. The van der Waals surface area contributed by atoms with Crippen molar-refractivity contribution >= 4 is 32.8 Å². The van der Waals surface area contributed by atoms with E-state index < -0.39 is 10.8 Å². The maximum Gasteiger partial charge on any atom is 0.162 e. The predicted octanol–water partition coefficient (Wildman–Crippen LogP) is 4.18. The number of ether oxygens (including phenoxy) is 2. The number of benzene rings is 2. The fourth-order valence-corrected chi connectivity index (χ4v) is 3.97. The van der Waals surface area contributed by atoms with Gasteiger partial charge in [-0.15, -0.1) is 0 Å². The van der Waals surface area contributed by atoms with Crippen molar-refractivity contribution in [2.75, 3.05) is 19.0 Å². The normalized spacial score (nSPS) is 14.8. The fraction of sp³-hybridized carbons (Fsp3) is 0.222. The van der Waals surface area contributed by atoms with E-state index in [1.807, 2.05) is 54.6 Å². The summed E-state index contributed by atoms with van der Waals surface area (Å²) < 4.78 is 24.3. The van der Waals surface area contributed by atoms with Crippen molar-refractivity contribution in [2.24, 2.45) is 0 Å². The molecule has 2 aromatic rings. The van der Waals surface area contributed by atoms with E-state index in [-0.39, 0.29) is 0 Å². The van der Waals surface area contributed by atoms with Gasteiger partial charge in [0.1, 0.15) is 13.2 Å². The molecule has 0 radical (unpaired) electrons. The molecule has 0 amide bonds. The van der Waals surface area contributed by atoms with Crippen molar-refractivity contribution in [3.63, 3.8) is 0 Å². The van der Waals surface area contributed by atoms with Crippen LogP contribution in [0, 0.1) is 0 Å². The zero-order valence-electron chi connectivity index (χ0n) is 12.5. The second kappa shape index (κ2) is 7.79. The third kappa shape index (κ3) is 4.45. The molecule has 0 N–H and O–H groups in total. The van der Waals surface area contributed by atoms with Crippen molar-refractivity contribution in [1.29, 1.82) is 0 Å². The van der Waals surface area contributed by atoms with Gasteiger partial charge >= 0.3 is 0 Å². The largest absolute Gasteiger partial charge is 0.486 e. The average molecular weight is 393 g/mol. The molecule has 0 fully saturated rings. The van der Waals surface area contributed by atoms with Crippen LogP contribution in [0.5, 0.6) is 11.5 Å². The van der Waals surface area contributed by atoms with Crippen LogP contribution in [0.25, 0.3) is 6.08 Å². The number of fused-ring (bicyclic) bond motifs is 1. The fourth-order valence-electron chi connectivity index (χ4n) is 2.30. The summed E-state index contributed by atoms with van der Waals surface area (Å²) in [4.78, 5) is 0. The summed E-state index contributed by atoms with van der Waals surface area (Å²) in [6.07, 6.45) is 3.95. The summed E-state index contributed by atoms with van der Waals surface area (Å²) >= 11 is 3.52. The molecule has 1 unspecified atom stereocenters. The SMILES string of the molecule is O=S(C/C=C/c1ccccc1)Cc1cc2c(cc1Br)OCCO2. The Kier molecular flexibility index (Phi) is 5.51. The van der Waals surface area contributed by atoms with Gasteiger partial charge in [0.05, 0.1) is 5.75 Å². The first kappa shape index (κ1) is 16.3. The standard InChI is InChI=1S/C18H17BrO3S/c19-16-12-18-17(21-8-9-22-18)11-15(16)13-23(20)10-4-7-14-5-2-1-3-6-14/h1-7,11-12H,8-10,13H2/b7-4+. The molecule has 0 aliphatic carbocycles. The highest BCUT2D eigenvalue weighted by atomic mass is 79.9. The molecule has 23 heavy (non-hydrogen) atoms. The van der Waals surface area contributed by atoms with Gasteiger partial charge in [-0.3, -0.25) is 4.21 Å². The van der Waals surface area contributed by atoms with Gasteiger partial charge in [0.2, 0.25) is 0 Å². The predicted molar refractivity (Wildman–Crippen MR) is 97.3 cm³/mol. The molecule has 1 atom stereocenters. The van der Waals surface area contributed by atoms with Gasteiger partial charge in [0, 0.05) is 21.0 Å². The molecule has 1 aliphatic heterocycles. The molecule has 5 heteroatoms. The molecule has 3 nitrogen and oxygen atoms in total. The van der Waals surface area contributed by atoms with Crippen LogP contribution in [-0.2, 0) is 16.6 Å². The quantitative estimate of drug-likeness (QED) is 0.765. The smallest absolute Gasteiger partial charge is 0.162 e. The second-order valence-electron chi connectivity index (χ2n) is 5.15. The third-order valence-corrected chi connectivity index (χ3v) is 5.36. The van der Waals surface area contributed by atoms with Crippen LogP contribution in [0.15, 0.2) is 53.0 Å². The van der Waals surface area contributed by atoms with Crippen LogP contribution in [0.4, 0.5) is 0 Å². The molecule has 0 aromatic heterocycles. The molecule has 2 aromatic carbocycles. The van der Waals surface area contributed by atoms with Crippen LogP contribution in [-0.4, -0.2) is 23.2 Å². The molecule has 0 bridgehead atoms. The first-order valence-corrected chi connectivity index (χ1v) is 9.65. The van der Waals surface area contributed by atoms with Gasteiger partial charge in [-0.2, -0.15) is 0 Å². The minimum absolute atomic E-state index is 0.482. The molecule has 0 saturated heterocycles. The van der Waals surface area contributed by atoms with E-state index in [0.717, 1.165) is 27.1 Å². The van der Waals surface area contributed by atoms with Crippen LogP contribution >= 0.6 is 15.9 Å². The Hall–Kier alpha value is -1.59. The first-order valence-electron chi connectivity index (χ1n) is 7.37. The lowest BCUT2D eigenvalue weighted by Gasteiger charge is -2.19. The van der Waals surface area contributed by atoms with Crippen LogP contribution in [0.3, 0.4) is 0 Å². The summed E-state index contributed by atoms with van der Waals surface area (Å²) in [5.74, 6) is 2.47. The van der Waals surface area contributed by atoms with Gasteiger partial charge in [-0.1, -0.05) is 58.4 Å². The molecule has 120 valence electrons. The molecule has 3 rings (SSSR count). The van der Waals surface area contributed by atoms with Crippen molar-refractivity contribution in [1.82, 2.24) is 0 Å². The zero-order valence-corrected chi connectivity index (χ0v) is 14.9. The second-order valence-corrected chi connectivity index (χ2v) is 7.51. The van der Waals surface area contributed by atoms with Gasteiger partial charge in [-0.25, -0.2) is 0 Å². The van der Waals surface area contributed by atoms with E-state index in [0.29, 0.717) is 24.7 Å². The highest BCUT2D eigenvalue weighted by Crippen LogP contribution is 2.36. The van der Waals surface area contributed by atoms with E-state index in [1.54, 1.807) is 0 Å². The molecule has 1 heterocycles. The van der Waals surface area contributed by atoms with Gasteiger partial charge < -0.3 is 9.47 Å². The Bertz CT molecular complexity index is 729. The number of hydrogen-bond acceptors (Lipinski definition) is 3. The van der Waals surface area contributed by atoms with Crippen LogP contribution in [0.1, 0.15) is 11.1 Å². The van der Waals surface area contributed by atoms with E-state index in [1.165, 1.54) is 0 Å². The number of rotatable bonds is 5. The minimum atomic E-state index is -0.969. The average Bonchev–Trinajstić information content (AvgIpc) is 2.56. The molecular weight excluding hydrogens is 376 g/mol. The van der Waals surface area contributed by atoms with Gasteiger partial charge in [-0.05, 0) is 23.3 Å². The monoisotopic (exact) mass is 392 g/mol. The summed E-state index contributed by atoms with van der Waals surface area (Å²) in [7, 11) is -0.969. The Morgan fingerprint density at radius 2 is 1.78 bits per heavy atom. The first-order chi connectivity index (χ1) is 11.2. The van der Waals surface area contributed by atoms with Crippen LogP contribution in [0.2, 0.25) is 0 Å². The lowest BCUT2D eigenvalue weighted by atomic mass is 10.2. The van der Waals surface area contributed by atoms with Crippen LogP contribution < -0.4 is 9.47 Å². The van der Waals surface area contributed by atoms with Gasteiger partial charge in [0.15, 0.2) is 11.5 Å². The Balaban J connectivity index is 1.63. The van der Waals surface area contributed by atoms with Crippen molar-refractivity contribution in [3.8, 4) is 11.5 Å². The topological polar surface area (TPSA) is 35.5 Å². The minimum Gasteiger partial charge on any atom is -0.486 e. The van der Waals surface area contributed by atoms with Crippen molar-refractivity contribution < 1.29 is 13.7 Å². The summed E-state index contributed by atoms with van der Waals surface area (Å²) in [6, 6.07) is 13.8. The zero-order chi connectivity index (χ0) is 16.1. The van der Waals surface area contributed by atoms with E-state index in [9.17, 15) is 4.21 Å². The Morgan fingerprint density at radius 3 is 2.52 bits per heavy atom. The molecular formula is C18H17BrO3S. The molecule has 0 spiro atoms. The van der Waals surface area contributed by atoms with Crippen molar-refractivity contribution in [3.05, 3.63) is 64.1 Å². The number of hydrogen-bond donors (Lipinski definition) is 0. The summed E-state index contributed by atoms with van der Waals surface area (Å²) in [5.41, 5.74) is 2.09. The van der Waals surface area contributed by atoms with E-state index >= 15 is 0 Å². The lowest BCUT2D eigenvalue weighted by Crippen LogP contribution is -2.15. The van der Waals surface area contributed by atoms with E-state index in [4.69, 9.17) is 9.47 Å². The van der Waals surface area contributed by atoms with Crippen molar-refractivity contribution in [2.45, 2.75) is 5.75 Å². The molecule has 0 saturated carbocycles. The Morgan fingerprint density at radius 1 is 1.09 bits per heavy atom. The summed E-state index contributed by atoms with van der Waals surface area (Å²) in [6.45, 7) is 1.12. The molecule has 1 aliphatic rings. The Labute approximate surface area is 146 Å². The highest BCUT2D eigenvalue weighted by Gasteiger charge is 2.15. The summed E-state index contributed by atoms with van der Waals surface area (Å²) in [5, 5.41) is 0. The van der Waals surface area contributed by atoms with Gasteiger partial charge in [0.25, 0.3) is 0 Å². The lowest BCUT2D eigenvalue weighted by molar-refractivity contribution is 0.171. The van der Waals surface area contributed by atoms with E-state index in [2.05, 4.69) is 15.9 Å².